The Morgan fingerprint density at radius 2 is 2.14 bits per heavy atom. The first-order valence-corrected chi connectivity index (χ1v) is 4.87. The summed E-state index contributed by atoms with van der Waals surface area (Å²) in [7, 11) is 0. The summed E-state index contributed by atoms with van der Waals surface area (Å²) in [5.74, 6) is 0. The van der Waals surface area contributed by atoms with Crippen LogP contribution >= 0.6 is 0 Å². The van der Waals surface area contributed by atoms with Gasteiger partial charge in [-0.05, 0) is 32.5 Å². The minimum atomic E-state index is 0.657. The Kier molecular flexibility index (Phi) is 2.25. The van der Waals surface area contributed by atoms with Crippen LogP contribution in [0.15, 0.2) is 18.2 Å². The largest absolute Gasteiger partial charge is 0.330 e. The molecule has 2 aromatic heterocycles. The lowest BCUT2D eigenvalue weighted by molar-refractivity contribution is 0.916. The molecular weight excluding hydrogens is 174 g/mol. The number of fused-ring (bicyclic) bond motifs is 1. The number of hydrogen-bond acceptors (Lipinski definition) is 2. The molecule has 2 rings (SSSR count). The van der Waals surface area contributed by atoms with E-state index in [1.807, 2.05) is 12.1 Å². The lowest BCUT2D eigenvalue weighted by atomic mass is 10.2. The predicted octanol–water partition coefficient (Wildman–Crippen LogP) is 1.45. The van der Waals surface area contributed by atoms with E-state index < -0.39 is 0 Å². The first-order chi connectivity index (χ1) is 6.74. The zero-order valence-corrected chi connectivity index (χ0v) is 8.62. The van der Waals surface area contributed by atoms with Gasteiger partial charge in [0.25, 0.3) is 0 Å². The highest BCUT2D eigenvalue weighted by atomic mass is 15.0. The fraction of sp³-hybridized carbons (Fsp3) is 0.364. The quantitative estimate of drug-likeness (QED) is 0.777. The van der Waals surface area contributed by atoms with Crippen molar-refractivity contribution in [1.29, 1.82) is 0 Å². The average Bonchev–Trinajstić information content (AvgIpc) is 2.46. The third-order valence-corrected chi connectivity index (χ3v) is 2.55. The molecule has 0 unspecified atom stereocenters. The van der Waals surface area contributed by atoms with Crippen LogP contribution in [0.2, 0.25) is 0 Å². The van der Waals surface area contributed by atoms with E-state index in [1.165, 1.54) is 11.4 Å². The van der Waals surface area contributed by atoms with Crippen LogP contribution in [0.5, 0.6) is 0 Å². The minimum Gasteiger partial charge on any atom is -0.330 e. The van der Waals surface area contributed by atoms with E-state index in [9.17, 15) is 0 Å². The topological polar surface area (TPSA) is 43.3 Å². The molecule has 3 nitrogen and oxygen atoms in total. The number of hydrogen-bond donors (Lipinski definition) is 1. The second-order valence-electron chi connectivity index (χ2n) is 3.54. The molecule has 0 amide bonds. The molecule has 0 atom stereocenters. The summed E-state index contributed by atoms with van der Waals surface area (Å²) in [4.78, 5) is 4.55. The number of nitrogens with two attached hydrogens (primary N) is 1. The Bertz CT molecular complexity index is 457. The van der Waals surface area contributed by atoms with Crippen molar-refractivity contribution in [2.24, 2.45) is 5.73 Å². The normalized spacial score (nSPS) is 11.1. The van der Waals surface area contributed by atoms with Crippen LogP contribution < -0.4 is 5.73 Å². The standard InChI is InChI=1S/C11H15N3/c1-8-4-3-5-11-13-10(6-7-12)9(2)14(8)11/h3-5H,6-7,12H2,1-2H3. The molecule has 14 heavy (non-hydrogen) atoms. The number of imidazole rings is 1. The van der Waals surface area contributed by atoms with Crippen molar-refractivity contribution >= 4 is 5.65 Å². The Balaban J connectivity index is 2.68. The van der Waals surface area contributed by atoms with Crippen LogP contribution in [-0.2, 0) is 6.42 Å². The fourth-order valence-electron chi connectivity index (χ4n) is 1.85. The fourth-order valence-corrected chi connectivity index (χ4v) is 1.85. The van der Waals surface area contributed by atoms with Gasteiger partial charge in [0.2, 0.25) is 0 Å². The highest BCUT2D eigenvalue weighted by Crippen LogP contribution is 2.14. The summed E-state index contributed by atoms with van der Waals surface area (Å²) in [5, 5.41) is 0. The van der Waals surface area contributed by atoms with Crippen molar-refractivity contribution in [2.75, 3.05) is 6.54 Å². The highest BCUT2D eigenvalue weighted by molar-refractivity contribution is 5.44. The summed E-state index contributed by atoms with van der Waals surface area (Å²) in [6.45, 7) is 4.84. The van der Waals surface area contributed by atoms with E-state index in [0.29, 0.717) is 6.54 Å². The van der Waals surface area contributed by atoms with E-state index in [1.54, 1.807) is 0 Å². The molecule has 0 aliphatic heterocycles. The minimum absolute atomic E-state index is 0.657. The molecule has 0 saturated carbocycles. The monoisotopic (exact) mass is 189 g/mol. The van der Waals surface area contributed by atoms with Gasteiger partial charge in [-0.2, -0.15) is 0 Å². The van der Waals surface area contributed by atoms with Crippen LogP contribution in [-0.4, -0.2) is 15.9 Å². The summed E-state index contributed by atoms with van der Waals surface area (Å²) >= 11 is 0. The van der Waals surface area contributed by atoms with Gasteiger partial charge in [-0.1, -0.05) is 6.07 Å². The lowest BCUT2D eigenvalue weighted by Gasteiger charge is -2.01. The summed E-state index contributed by atoms with van der Waals surface area (Å²) in [6, 6.07) is 6.15. The van der Waals surface area contributed by atoms with Gasteiger partial charge in [-0.3, -0.25) is 0 Å². The molecule has 0 aromatic carbocycles. The van der Waals surface area contributed by atoms with Gasteiger partial charge < -0.3 is 10.1 Å². The van der Waals surface area contributed by atoms with Crippen LogP contribution in [0.3, 0.4) is 0 Å². The molecule has 0 spiro atoms. The van der Waals surface area contributed by atoms with E-state index in [-0.39, 0.29) is 0 Å². The van der Waals surface area contributed by atoms with Gasteiger partial charge in [0, 0.05) is 17.8 Å². The number of pyridine rings is 1. The third kappa shape index (κ3) is 1.30. The number of nitrogens with zero attached hydrogens (tertiary/aromatic N) is 2. The smallest absolute Gasteiger partial charge is 0.137 e. The molecular formula is C11H15N3. The van der Waals surface area contributed by atoms with Crippen molar-refractivity contribution in [3.8, 4) is 0 Å². The number of aryl methyl sites for hydroxylation is 2. The van der Waals surface area contributed by atoms with Gasteiger partial charge in [0.1, 0.15) is 5.65 Å². The maximum atomic E-state index is 5.54. The van der Waals surface area contributed by atoms with E-state index in [0.717, 1.165) is 17.8 Å². The van der Waals surface area contributed by atoms with Crippen molar-refractivity contribution < 1.29 is 0 Å². The molecule has 0 fully saturated rings. The van der Waals surface area contributed by atoms with Crippen LogP contribution in [0.4, 0.5) is 0 Å². The maximum absolute atomic E-state index is 5.54. The molecule has 0 aliphatic rings. The summed E-state index contributed by atoms with van der Waals surface area (Å²) in [5.41, 5.74) is 10.1. The maximum Gasteiger partial charge on any atom is 0.137 e. The molecule has 2 N–H and O–H groups in total. The van der Waals surface area contributed by atoms with Crippen molar-refractivity contribution in [1.82, 2.24) is 9.38 Å². The molecule has 2 aromatic rings. The van der Waals surface area contributed by atoms with Gasteiger partial charge >= 0.3 is 0 Å². The first kappa shape index (κ1) is 9.21. The Hall–Kier alpha value is -1.35. The number of aromatic nitrogens is 2. The molecule has 0 aliphatic carbocycles. The third-order valence-electron chi connectivity index (χ3n) is 2.55. The molecule has 0 bridgehead atoms. The van der Waals surface area contributed by atoms with E-state index in [4.69, 9.17) is 5.73 Å². The summed E-state index contributed by atoms with van der Waals surface area (Å²) < 4.78 is 2.17. The molecule has 0 radical (unpaired) electrons. The number of rotatable bonds is 2. The Morgan fingerprint density at radius 3 is 2.79 bits per heavy atom. The van der Waals surface area contributed by atoms with Crippen molar-refractivity contribution in [2.45, 2.75) is 20.3 Å². The van der Waals surface area contributed by atoms with Crippen LogP contribution in [0, 0.1) is 13.8 Å². The summed E-state index contributed by atoms with van der Waals surface area (Å²) in [6.07, 6.45) is 0.854. The first-order valence-electron chi connectivity index (χ1n) is 4.87. The van der Waals surface area contributed by atoms with Gasteiger partial charge in [0.15, 0.2) is 0 Å². The van der Waals surface area contributed by atoms with Crippen LogP contribution in [0.1, 0.15) is 17.1 Å². The molecule has 2 heterocycles. The van der Waals surface area contributed by atoms with Crippen molar-refractivity contribution in [3.63, 3.8) is 0 Å². The zero-order chi connectivity index (χ0) is 10.1. The Labute approximate surface area is 83.6 Å². The molecule has 3 heteroatoms. The highest BCUT2D eigenvalue weighted by Gasteiger charge is 2.07. The lowest BCUT2D eigenvalue weighted by Crippen LogP contribution is -2.04. The molecule has 74 valence electrons. The van der Waals surface area contributed by atoms with Gasteiger partial charge in [-0.15, -0.1) is 0 Å². The average molecular weight is 189 g/mol. The SMILES string of the molecule is Cc1cccc2nc(CCN)c(C)n12. The predicted molar refractivity (Wildman–Crippen MR) is 57.4 cm³/mol. The second kappa shape index (κ2) is 3.42. The second-order valence-corrected chi connectivity index (χ2v) is 3.54. The van der Waals surface area contributed by atoms with Gasteiger partial charge in [-0.25, -0.2) is 4.98 Å². The zero-order valence-electron chi connectivity index (χ0n) is 8.62. The van der Waals surface area contributed by atoms with Gasteiger partial charge in [0.05, 0.1) is 5.69 Å². The Morgan fingerprint density at radius 1 is 1.36 bits per heavy atom. The van der Waals surface area contributed by atoms with Crippen molar-refractivity contribution in [3.05, 3.63) is 35.3 Å². The van der Waals surface area contributed by atoms with E-state index >= 15 is 0 Å². The van der Waals surface area contributed by atoms with E-state index in [2.05, 4.69) is 29.3 Å². The van der Waals surface area contributed by atoms with Crippen LogP contribution in [0.25, 0.3) is 5.65 Å². The molecule has 0 saturated heterocycles.